The van der Waals surface area contributed by atoms with Crippen molar-refractivity contribution in [3.8, 4) is 28.6 Å². The molecule has 0 spiro atoms. The van der Waals surface area contributed by atoms with Crippen LogP contribution in [0.4, 0.5) is 11.6 Å². The van der Waals surface area contributed by atoms with Crippen LogP contribution in [0.1, 0.15) is 18.5 Å². The molecule has 0 bridgehead atoms. The third-order valence-electron chi connectivity index (χ3n) is 6.34. The number of rotatable bonds is 7. The first-order valence-electron chi connectivity index (χ1n) is 11.9. The second-order valence-electron chi connectivity index (χ2n) is 8.67. The van der Waals surface area contributed by atoms with Gasteiger partial charge in [0.2, 0.25) is 5.95 Å². The predicted molar refractivity (Wildman–Crippen MR) is 151 cm³/mol. The van der Waals surface area contributed by atoms with Crippen molar-refractivity contribution in [3.05, 3.63) is 87.5 Å². The molecule has 3 aromatic carbocycles. The third kappa shape index (κ3) is 4.98. The molecule has 5 rings (SSSR count). The van der Waals surface area contributed by atoms with E-state index in [1.165, 1.54) is 0 Å². The number of anilines is 2. The average Bonchev–Trinajstić information content (AvgIpc) is 3.37. The number of carbonyl (C=O) groups is 1. The Balaban J connectivity index is 1.69. The van der Waals surface area contributed by atoms with Crippen LogP contribution < -0.4 is 24.8 Å². The van der Waals surface area contributed by atoms with E-state index in [0.717, 1.165) is 0 Å². The third-order valence-corrected chi connectivity index (χ3v) is 7.08. The molecule has 0 fully saturated rings. The topological polar surface area (TPSA) is 99.5 Å². The number of fused-ring (bicyclic) bond motifs is 1. The van der Waals surface area contributed by atoms with Gasteiger partial charge in [0.25, 0.3) is 5.91 Å². The number of methoxy groups -OCH3 is 3. The minimum atomic E-state index is -0.733. The number of nitrogens with one attached hydrogen (secondary N) is 2. The van der Waals surface area contributed by atoms with E-state index in [1.54, 1.807) is 56.3 Å². The van der Waals surface area contributed by atoms with E-state index in [1.807, 2.05) is 37.3 Å². The van der Waals surface area contributed by atoms with Gasteiger partial charge in [-0.15, -0.1) is 5.10 Å². The standard InChI is InChI=1S/C28H25Cl2N5O4/c1-15-24(27(36)32-17-8-6-5-7-9-17)25(18-13-22(38-3)23(39-4)14-21(18)37-2)35-28(31-15)33-26(34-35)16-10-11-19(29)20(30)12-16/h5-14,25H,1-4H3,(H,32,36)(H,31,33,34). The molecule has 1 amide bonds. The zero-order valence-corrected chi connectivity index (χ0v) is 23.1. The summed E-state index contributed by atoms with van der Waals surface area (Å²) in [6, 6.07) is 17.1. The summed E-state index contributed by atoms with van der Waals surface area (Å²) in [5.41, 5.74) is 2.97. The van der Waals surface area contributed by atoms with E-state index in [-0.39, 0.29) is 5.91 Å². The molecule has 0 saturated carbocycles. The monoisotopic (exact) mass is 565 g/mol. The van der Waals surface area contributed by atoms with Crippen molar-refractivity contribution in [1.29, 1.82) is 0 Å². The number of carbonyl (C=O) groups excluding carboxylic acids is 1. The molecule has 0 saturated heterocycles. The highest BCUT2D eigenvalue weighted by Crippen LogP contribution is 2.44. The first-order chi connectivity index (χ1) is 18.8. The molecule has 0 aliphatic carbocycles. The highest BCUT2D eigenvalue weighted by atomic mass is 35.5. The number of ether oxygens (including phenoxy) is 3. The maximum atomic E-state index is 13.8. The van der Waals surface area contributed by atoms with Crippen molar-refractivity contribution in [2.45, 2.75) is 13.0 Å². The Morgan fingerprint density at radius 3 is 2.28 bits per heavy atom. The number of allylic oxidation sites excluding steroid dienone is 1. The van der Waals surface area contributed by atoms with Gasteiger partial charge in [-0.3, -0.25) is 4.79 Å². The van der Waals surface area contributed by atoms with Crippen molar-refractivity contribution in [2.75, 3.05) is 32.0 Å². The quantitative estimate of drug-likeness (QED) is 0.275. The summed E-state index contributed by atoms with van der Waals surface area (Å²) in [7, 11) is 4.64. The van der Waals surface area contributed by atoms with Gasteiger partial charge in [-0.25, -0.2) is 4.68 Å². The summed E-state index contributed by atoms with van der Waals surface area (Å²) < 4.78 is 18.5. The minimum Gasteiger partial charge on any atom is -0.496 e. The van der Waals surface area contributed by atoms with Crippen LogP contribution in [0.2, 0.25) is 10.0 Å². The number of nitrogens with zero attached hydrogens (tertiary/aromatic N) is 3. The van der Waals surface area contributed by atoms with Crippen LogP contribution in [-0.2, 0) is 4.79 Å². The lowest BCUT2D eigenvalue weighted by atomic mass is 9.93. The fourth-order valence-electron chi connectivity index (χ4n) is 4.48. The SMILES string of the molecule is COc1cc(OC)c(C2C(C(=O)Nc3ccccc3)=C(C)Nc3nc(-c4ccc(Cl)c(Cl)c4)nn32)cc1OC. The Bertz CT molecular complexity index is 1590. The molecule has 2 heterocycles. The van der Waals surface area contributed by atoms with Crippen LogP contribution in [0.15, 0.2) is 71.9 Å². The summed E-state index contributed by atoms with van der Waals surface area (Å²) in [4.78, 5) is 18.5. The largest absolute Gasteiger partial charge is 0.496 e. The van der Waals surface area contributed by atoms with E-state index >= 15 is 0 Å². The van der Waals surface area contributed by atoms with Gasteiger partial charge in [-0.1, -0.05) is 41.4 Å². The smallest absolute Gasteiger partial charge is 0.255 e. The molecule has 1 aromatic heterocycles. The van der Waals surface area contributed by atoms with Crippen LogP contribution in [0, 0.1) is 0 Å². The van der Waals surface area contributed by atoms with Crippen molar-refractivity contribution in [2.24, 2.45) is 0 Å². The Kier molecular flexibility index (Phi) is 7.36. The van der Waals surface area contributed by atoms with Gasteiger partial charge in [-0.05, 0) is 43.3 Å². The summed E-state index contributed by atoms with van der Waals surface area (Å²) in [6.07, 6.45) is 0. The van der Waals surface area contributed by atoms with Gasteiger partial charge < -0.3 is 24.8 Å². The van der Waals surface area contributed by atoms with Gasteiger partial charge in [0, 0.05) is 28.6 Å². The molecule has 11 heteroatoms. The predicted octanol–water partition coefficient (Wildman–Crippen LogP) is 6.21. The van der Waals surface area contributed by atoms with E-state index < -0.39 is 6.04 Å². The van der Waals surface area contributed by atoms with Crippen LogP contribution in [0.3, 0.4) is 0 Å². The maximum Gasteiger partial charge on any atom is 0.255 e. The molecule has 9 nitrogen and oxygen atoms in total. The number of aromatic nitrogens is 3. The summed E-state index contributed by atoms with van der Waals surface area (Å²) in [5.74, 6) is 1.96. The highest BCUT2D eigenvalue weighted by Gasteiger charge is 2.37. The molecule has 4 aromatic rings. The average molecular weight is 566 g/mol. The molecule has 2 N–H and O–H groups in total. The number of halogens is 2. The molecular weight excluding hydrogens is 541 g/mol. The molecule has 200 valence electrons. The first kappa shape index (κ1) is 26.4. The van der Waals surface area contributed by atoms with Crippen molar-refractivity contribution in [1.82, 2.24) is 14.8 Å². The summed E-state index contributed by atoms with van der Waals surface area (Å²) >= 11 is 12.4. The number of benzene rings is 3. The van der Waals surface area contributed by atoms with E-state index in [4.69, 9.17) is 47.5 Å². The number of amides is 1. The van der Waals surface area contributed by atoms with Crippen LogP contribution in [0.5, 0.6) is 17.2 Å². The van der Waals surface area contributed by atoms with Crippen molar-refractivity contribution < 1.29 is 19.0 Å². The maximum absolute atomic E-state index is 13.8. The number of para-hydroxylation sites is 1. The summed E-state index contributed by atoms with van der Waals surface area (Å²) in [6.45, 7) is 1.82. The minimum absolute atomic E-state index is 0.315. The lowest BCUT2D eigenvalue weighted by Gasteiger charge is -2.30. The van der Waals surface area contributed by atoms with E-state index in [2.05, 4.69) is 10.6 Å². The van der Waals surface area contributed by atoms with Gasteiger partial charge in [-0.2, -0.15) is 4.98 Å². The van der Waals surface area contributed by atoms with Gasteiger partial charge in [0.05, 0.1) is 36.9 Å². The zero-order valence-electron chi connectivity index (χ0n) is 21.6. The zero-order chi connectivity index (χ0) is 27.7. The lowest BCUT2D eigenvalue weighted by molar-refractivity contribution is -0.113. The van der Waals surface area contributed by atoms with Crippen LogP contribution >= 0.6 is 23.2 Å². The summed E-state index contributed by atoms with van der Waals surface area (Å²) in [5, 5.41) is 11.8. The van der Waals surface area contributed by atoms with Crippen LogP contribution in [0.25, 0.3) is 11.4 Å². The second-order valence-corrected chi connectivity index (χ2v) is 9.48. The van der Waals surface area contributed by atoms with Crippen molar-refractivity contribution in [3.63, 3.8) is 0 Å². The Labute approximate surface area is 235 Å². The molecule has 1 atom stereocenters. The Hall–Kier alpha value is -4.21. The number of hydrogen-bond donors (Lipinski definition) is 2. The molecule has 1 aliphatic rings. The molecule has 0 radical (unpaired) electrons. The Morgan fingerprint density at radius 2 is 1.62 bits per heavy atom. The van der Waals surface area contributed by atoms with Crippen molar-refractivity contribution >= 4 is 40.7 Å². The van der Waals surface area contributed by atoms with Gasteiger partial charge in [0.15, 0.2) is 17.3 Å². The van der Waals surface area contributed by atoms with E-state index in [0.29, 0.717) is 67.2 Å². The first-order valence-corrected chi connectivity index (χ1v) is 12.7. The van der Waals surface area contributed by atoms with Gasteiger partial charge in [0.1, 0.15) is 11.8 Å². The van der Waals surface area contributed by atoms with Gasteiger partial charge >= 0.3 is 0 Å². The molecule has 1 aliphatic heterocycles. The molecule has 39 heavy (non-hydrogen) atoms. The molecular formula is C28H25Cl2N5O4. The lowest BCUT2D eigenvalue weighted by Crippen LogP contribution is -2.31. The van der Waals surface area contributed by atoms with Crippen LogP contribution in [-0.4, -0.2) is 42.0 Å². The molecule has 1 unspecified atom stereocenters. The Morgan fingerprint density at radius 1 is 0.923 bits per heavy atom. The number of hydrogen-bond acceptors (Lipinski definition) is 7. The van der Waals surface area contributed by atoms with E-state index in [9.17, 15) is 4.79 Å². The fraction of sp³-hybridized carbons (Fsp3) is 0.179. The fourth-order valence-corrected chi connectivity index (χ4v) is 4.77. The highest BCUT2D eigenvalue weighted by molar-refractivity contribution is 6.42. The second kappa shape index (κ2) is 10.9. The normalized spacial score (nSPS) is 14.4.